The lowest BCUT2D eigenvalue weighted by molar-refractivity contribution is -0.116. The molecule has 0 radical (unpaired) electrons. The Morgan fingerprint density at radius 2 is 1.88 bits per heavy atom. The van der Waals surface area contributed by atoms with E-state index in [2.05, 4.69) is 5.32 Å². The second kappa shape index (κ2) is 7.90. The zero-order valence-electron chi connectivity index (χ0n) is 13.2. The normalized spacial score (nSPS) is 11.6. The molecule has 0 bridgehead atoms. The maximum Gasteiger partial charge on any atom is 0.239 e. The molecule has 2 aromatic rings. The second-order valence-corrected chi connectivity index (χ2v) is 7.68. The maximum atomic E-state index is 13.6. The summed E-state index contributed by atoms with van der Waals surface area (Å²) in [6, 6.07) is 9.28. The number of sulfonamides is 1. The van der Waals surface area contributed by atoms with Crippen molar-refractivity contribution < 1.29 is 22.0 Å². The maximum absolute atomic E-state index is 13.6. The van der Waals surface area contributed by atoms with Gasteiger partial charge in [0.2, 0.25) is 15.9 Å². The summed E-state index contributed by atoms with van der Waals surface area (Å²) < 4.78 is 51.2. The Bertz CT molecular complexity index is 891. The molecule has 0 fully saturated rings. The first kappa shape index (κ1) is 19.3. The number of carbonyl (C=O) groups excluding carboxylic acids is 1. The van der Waals surface area contributed by atoms with E-state index in [-0.39, 0.29) is 12.2 Å². The van der Waals surface area contributed by atoms with Gasteiger partial charge < -0.3 is 5.32 Å². The Balaban J connectivity index is 2.14. The van der Waals surface area contributed by atoms with Crippen LogP contribution in [0.2, 0.25) is 5.02 Å². The summed E-state index contributed by atoms with van der Waals surface area (Å²) >= 11 is 6.01. The van der Waals surface area contributed by atoms with Gasteiger partial charge in [-0.3, -0.25) is 4.79 Å². The molecule has 2 aromatic carbocycles. The molecule has 0 unspecified atom stereocenters. The standard InChI is InChI=1S/C16H15ClF2N2O3S/c1-25(23,24)21(9-11-4-2-3-5-13(11)17)10-16(22)20-15-7-6-12(18)8-14(15)19/h2-8H,9-10H2,1H3,(H,20,22). The molecule has 0 saturated heterocycles. The van der Waals surface area contributed by atoms with Crippen LogP contribution in [0.1, 0.15) is 5.56 Å². The highest BCUT2D eigenvalue weighted by molar-refractivity contribution is 7.88. The number of nitrogens with one attached hydrogen (secondary N) is 1. The van der Waals surface area contributed by atoms with E-state index >= 15 is 0 Å². The summed E-state index contributed by atoms with van der Waals surface area (Å²) in [4.78, 5) is 12.1. The van der Waals surface area contributed by atoms with Crippen LogP contribution in [0.15, 0.2) is 42.5 Å². The Hall–Kier alpha value is -2.03. The van der Waals surface area contributed by atoms with E-state index in [1.54, 1.807) is 24.3 Å². The molecule has 0 atom stereocenters. The average Bonchev–Trinajstić information content (AvgIpc) is 2.50. The summed E-state index contributed by atoms with van der Waals surface area (Å²) in [6.07, 6.45) is 0.954. The lowest BCUT2D eigenvalue weighted by Gasteiger charge is -2.20. The van der Waals surface area contributed by atoms with Crippen LogP contribution in [-0.4, -0.2) is 31.4 Å². The first-order valence-corrected chi connectivity index (χ1v) is 9.33. The first-order valence-electron chi connectivity index (χ1n) is 7.10. The quantitative estimate of drug-likeness (QED) is 0.827. The van der Waals surface area contributed by atoms with Gasteiger partial charge in [-0.1, -0.05) is 29.8 Å². The molecule has 1 N–H and O–H groups in total. The number of hydrogen-bond donors (Lipinski definition) is 1. The Morgan fingerprint density at radius 3 is 2.48 bits per heavy atom. The van der Waals surface area contributed by atoms with Crippen molar-refractivity contribution in [3.63, 3.8) is 0 Å². The third-order valence-electron chi connectivity index (χ3n) is 3.30. The highest BCUT2D eigenvalue weighted by atomic mass is 35.5. The lowest BCUT2D eigenvalue weighted by Crippen LogP contribution is -2.37. The molecule has 0 spiro atoms. The summed E-state index contributed by atoms with van der Waals surface area (Å²) in [6.45, 7) is -0.654. The Kier molecular flexibility index (Phi) is 6.10. The lowest BCUT2D eigenvalue weighted by atomic mass is 10.2. The zero-order valence-corrected chi connectivity index (χ0v) is 14.7. The third-order valence-corrected chi connectivity index (χ3v) is 4.86. The fourth-order valence-corrected chi connectivity index (χ4v) is 2.97. The minimum Gasteiger partial charge on any atom is -0.322 e. The smallest absolute Gasteiger partial charge is 0.239 e. The predicted molar refractivity (Wildman–Crippen MR) is 91.7 cm³/mol. The summed E-state index contributed by atoms with van der Waals surface area (Å²) in [5.41, 5.74) is 0.285. The van der Waals surface area contributed by atoms with E-state index in [0.717, 1.165) is 22.7 Å². The van der Waals surface area contributed by atoms with E-state index in [1.807, 2.05) is 0 Å². The fourth-order valence-electron chi connectivity index (χ4n) is 2.05. The Labute approximate surface area is 149 Å². The topological polar surface area (TPSA) is 66.5 Å². The molecule has 25 heavy (non-hydrogen) atoms. The molecule has 1 amide bonds. The van der Waals surface area contributed by atoms with Crippen molar-refractivity contribution in [3.8, 4) is 0 Å². The summed E-state index contributed by atoms with van der Waals surface area (Å²) in [5.74, 6) is -2.50. The van der Waals surface area contributed by atoms with Gasteiger partial charge in [-0.2, -0.15) is 4.31 Å². The van der Waals surface area contributed by atoms with Gasteiger partial charge in [-0.05, 0) is 23.8 Å². The van der Waals surface area contributed by atoms with Crippen LogP contribution in [0.5, 0.6) is 0 Å². The highest BCUT2D eigenvalue weighted by Gasteiger charge is 2.22. The largest absolute Gasteiger partial charge is 0.322 e. The first-order chi connectivity index (χ1) is 11.7. The van der Waals surface area contributed by atoms with Gasteiger partial charge in [0.1, 0.15) is 11.6 Å². The van der Waals surface area contributed by atoms with Crippen molar-refractivity contribution in [2.24, 2.45) is 0 Å². The van der Waals surface area contributed by atoms with Crippen LogP contribution < -0.4 is 5.32 Å². The molecule has 0 aliphatic carbocycles. The molecule has 0 saturated carbocycles. The third kappa shape index (κ3) is 5.48. The van der Waals surface area contributed by atoms with Crippen LogP contribution in [-0.2, 0) is 21.4 Å². The van der Waals surface area contributed by atoms with Crippen LogP contribution in [0, 0.1) is 11.6 Å². The Morgan fingerprint density at radius 1 is 1.20 bits per heavy atom. The predicted octanol–water partition coefficient (Wildman–Crippen LogP) is 3.02. The van der Waals surface area contributed by atoms with Crippen LogP contribution in [0.4, 0.5) is 14.5 Å². The number of benzene rings is 2. The number of hydrogen-bond acceptors (Lipinski definition) is 3. The van der Waals surface area contributed by atoms with E-state index in [1.165, 1.54) is 0 Å². The van der Waals surface area contributed by atoms with Crippen molar-refractivity contribution >= 4 is 33.2 Å². The minimum absolute atomic E-state index is 0.113. The molecule has 0 aliphatic heterocycles. The van der Waals surface area contributed by atoms with Gasteiger partial charge in [0.25, 0.3) is 0 Å². The minimum atomic E-state index is -3.72. The van der Waals surface area contributed by atoms with Crippen LogP contribution >= 0.6 is 11.6 Å². The van der Waals surface area contributed by atoms with E-state index < -0.39 is 34.1 Å². The zero-order chi connectivity index (χ0) is 18.6. The number of anilines is 1. The monoisotopic (exact) mass is 388 g/mol. The molecule has 0 heterocycles. The molecule has 5 nitrogen and oxygen atoms in total. The molecular weight excluding hydrogens is 374 g/mol. The van der Waals surface area contributed by atoms with Crippen molar-refractivity contribution in [1.29, 1.82) is 0 Å². The van der Waals surface area contributed by atoms with Gasteiger partial charge in [-0.15, -0.1) is 0 Å². The van der Waals surface area contributed by atoms with Gasteiger partial charge in [0, 0.05) is 17.6 Å². The molecule has 9 heteroatoms. The van der Waals surface area contributed by atoms with E-state index in [9.17, 15) is 22.0 Å². The fraction of sp³-hybridized carbons (Fsp3) is 0.188. The van der Waals surface area contributed by atoms with Crippen LogP contribution in [0.3, 0.4) is 0 Å². The SMILES string of the molecule is CS(=O)(=O)N(CC(=O)Nc1ccc(F)cc1F)Cc1ccccc1Cl. The van der Waals surface area contributed by atoms with Crippen molar-refractivity contribution in [1.82, 2.24) is 4.31 Å². The van der Waals surface area contributed by atoms with E-state index in [0.29, 0.717) is 16.7 Å². The average molecular weight is 389 g/mol. The highest BCUT2D eigenvalue weighted by Crippen LogP contribution is 2.19. The van der Waals surface area contributed by atoms with Crippen molar-refractivity contribution in [2.75, 3.05) is 18.1 Å². The molecule has 0 aliphatic rings. The number of halogens is 3. The van der Waals surface area contributed by atoms with Gasteiger partial charge in [-0.25, -0.2) is 17.2 Å². The van der Waals surface area contributed by atoms with E-state index in [4.69, 9.17) is 11.6 Å². The van der Waals surface area contributed by atoms with Gasteiger partial charge in [0.05, 0.1) is 18.5 Å². The van der Waals surface area contributed by atoms with Crippen LogP contribution in [0.25, 0.3) is 0 Å². The molecular formula is C16H15ClF2N2O3S. The summed E-state index contributed by atoms with van der Waals surface area (Å²) in [7, 11) is -3.72. The van der Waals surface area contributed by atoms with Crippen molar-refractivity contribution in [3.05, 3.63) is 64.7 Å². The number of amides is 1. The van der Waals surface area contributed by atoms with Crippen molar-refractivity contribution in [2.45, 2.75) is 6.54 Å². The number of carbonyl (C=O) groups is 1. The second-order valence-electron chi connectivity index (χ2n) is 5.29. The van der Waals surface area contributed by atoms with Gasteiger partial charge >= 0.3 is 0 Å². The van der Waals surface area contributed by atoms with Gasteiger partial charge in [0.15, 0.2) is 0 Å². The molecule has 134 valence electrons. The molecule has 2 rings (SSSR count). The molecule has 0 aromatic heterocycles. The summed E-state index contributed by atoms with van der Waals surface area (Å²) in [5, 5.41) is 2.58. The number of nitrogens with zero attached hydrogens (tertiary/aromatic N) is 1. The number of rotatable bonds is 6.